The summed E-state index contributed by atoms with van der Waals surface area (Å²) in [6.07, 6.45) is 8.08. The van der Waals surface area contributed by atoms with E-state index in [0.717, 1.165) is 18.1 Å². The van der Waals surface area contributed by atoms with Crippen LogP contribution in [-0.2, 0) is 0 Å². The molecule has 1 N–H and O–H groups in total. The summed E-state index contributed by atoms with van der Waals surface area (Å²) in [7, 11) is 0. The van der Waals surface area contributed by atoms with Crippen LogP contribution >= 0.6 is 0 Å². The lowest BCUT2D eigenvalue weighted by molar-refractivity contribution is 0.187. The number of amidine groups is 1. The van der Waals surface area contributed by atoms with Gasteiger partial charge in [0.05, 0.1) is 0 Å². The standard InChI is InChI=1S/C16H20FN3/c1-12(13-5-7-14(17)8-6-13)19-16-9-10-20(11-18-16)15-3-2-4-15/h5-10,12,15H,2-4,11H2,1H3,(H,18,19). The number of aliphatic imine (C=N–C) groups is 1. The van der Waals surface area contributed by atoms with Crippen molar-refractivity contribution in [3.05, 3.63) is 47.9 Å². The van der Waals surface area contributed by atoms with Crippen LogP contribution in [0.1, 0.15) is 37.8 Å². The highest BCUT2D eigenvalue weighted by Crippen LogP contribution is 2.25. The fourth-order valence-corrected chi connectivity index (χ4v) is 2.53. The average molecular weight is 273 g/mol. The van der Waals surface area contributed by atoms with Crippen LogP contribution in [0.3, 0.4) is 0 Å². The maximum absolute atomic E-state index is 12.9. The molecular weight excluding hydrogens is 253 g/mol. The molecule has 1 unspecified atom stereocenters. The molecule has 1 fully saturated rings. The van der Waals surface area contributed by atoms with Gasteiger partial charge < -0.3 is 10.2 Å². The third-order valence-corrected chi connectivity index (χ3v) is 4.11. The molecule has 0 spiro atoms. The lowest BCUT2D eigenvalue weighted by Gasteiger charge is -2.37. The molecule has 1 aliphatic carbocycles. The van der Waals surface area contributed by atoms with Crippen molar-refractivity contribution in [3.63, 3.8) is 0 Å². The van der Waals surface area contributed by atoms with E-state index < -0.39 is 0 Å². The van der Waals surface area contributed by atoms with Crippen LogP contribution in [0, 0.1) is 5.82 Å². The van der Waals surface area contributed by atoms with Crippen LogP contribution in [0.4, 0.5) is 4.39 Å². The van der Waals surface area contributed by atoms with Crippen molar-refractivity contribution in [2.75, 3.05) is 6.67 Å². The van der Waals surface area contributed by atoms with Crippen molar-refractivity contribution < 1.29 is 4.39 Å². The molecule has 3 rings (SSSR count). The fraction of sp³-hybridized carbons (Fsp3) is 0.438. The van der Waals surface area contributed by atoms with Crippen LogP contribution in [-0.4, -0.2) is 23.4 Å². The Labute approximate surface area is 119 Å². The van der Waals surface area contributed by atoms with Gasteiger partial charge in [0, 0.05) is 18.3 Å². The largest absolute Gasteiger partial charge is 0.364 e. The SMILES string of the molecule is CC(NC1=NCN(C2CCC2)C=C1)c1ccc(F)cc1. The number of halogens is 1. The molecule has 20 heavy (non-hydrogen) atoms. The van der Waals surface area contributed by atoms with Gasteiger partial charge in [0.15, 0.2) is 0 Å². The average Bonchev–Trinajstić information content (AvgIpc) is 2.39. The van der Waals surface area contributed by atoms with Gasteiger partial charge in [-0.2, -0.15) is 0 Å². The molecule has 0 bridgehead atoms. The van der Waals surface area contributed by atoms with Crippen LogP contribution in [0.15, 0.2) is 41.5 Å². The summed E-state index contributed by atoms with van der Waals surface area (Å²) in [5.74, 6) is 0.699. The zero-order chi connectivity index (χ0) is 13.9. The minimum atomic E-state index is -0.202. The first-order chi connectivity index (χ1) is 9.72. The quantitative estimate of drug-likeness (QED) is 0.915. The van der Waals surface area contributed by atoms with Gasteiger partial charge in [0.2, 0.25) is 0 Å². The second-order valence-electron chi connectivity index (χ2n) is 5.52. The third-order valence-electron chi connectivity index (χ3n) is 4.11. The summed E-state index contributed by atoms with van der Waals surface area (Å²) in [6, 6.07) is 7.40. The molecule has 1 heterocycles. The van der Waals surface area contributed by atoms with E-state index in [9.17, 15) is 4.39 Å². The minimum Gasteiger partial charge on any atom is -0.364 e. The summed E-state index contributed by atoms with van der Waals surface area (Å²) in [4.78, 5) is 6.87. The van der Waals surface area contributed by atoms with Gasteiger partial charge in [-0.3, -0.25) is 0 Å². The molecule has 1 aromatic carbocycles. The van der Waals surface area contributed by atoms with Crippen molar-refractivity contribution in [2.45, 2.75) is 38.3 Å². The molecular formula is C16H20FN3. The Morgan fingerprint density at radius 1 is 1.30 bits per heavy atom. The molecule has 0 aromatic heterocycles. The Kier molecular flexibility index (Phi) is 3.72. The Hall–Kier alpha value is -1.84. The highest BCUT2D eigenvalue weighted by molar-refractivity contribution is 5.93. The number of nitrogens with zero attached hydrogens (tertiary/aromatic N) is 2. The molecule has 0 radical (unpaired) electrons. The van der Waals surface area contributed by atoms with Gasteiger partial charge in [-0.15, -0.1) is 0 Å². The molecule has 0 amide bonds. The summed E-state index contributed by atoms with van der Waals surface area (Å²) in [5, 5.41) is 3.36. The minimum absolute atomic E-state index is 0.120. The van der Waals surface area contributed by atoms with Gasteiger partial charge in [0.1, 0.15) is 18.3 Å². The van der Waals surface area contributed by atoms with E-state index in [1.807, 2.05) is 6.08 Å². The first kappa shape index (κ1) is 13.2. The van der Waals surface area contributed by atoms with Crippen molar-refractivity contribution in [2.24, 2.45) is 4.99 Å². The van der Waals surface area contributed by atoms with Crippen molar-refractivity contribution in [1.82, 2.24) is 10.2 Å². The Morgan fingerprint density at radius 2 is 2.05 bits per heavy atom. The molecule has 1 atom stereocenters. The lowest BCUT2D eigenvalue weighted by Crippen LogP contribution is -2.39. The van der Waals surface area contributed by atoms with Gasteiger partial charge in [-0.25, -0.2) is 9.38 Å². The molecule has 2 aliphatic rings. The predicted octanol–water partition coefficient (Wildman–Crippen LogP) is 3.21. The maximum Gasteiger partial charge on any atom is 0.124 e. The van der Waals surface area contributed by atoms with Gasteiger partial charge in [0.25, 0.3) is 0 Å². The van der Waals surface area contributed by atoms with Gasteiger partial charge >= 0.3 is 0 Å². The van der Waals surface area contributed by atoms with E-state index in [4.69, 9.17) is 0 Å². The van der Waals surface area contributed by atoms with E-state index in [0.29, 0.717) is 6.04 Å². The molecule has 0 saturated heterocycles. The van der Waals surface area contributed by atoms with Gasteiger partial charge in [-0.1, -0.05) is 12.1 Å². The fourth-order valence-electron chi connectivity index (χ4n) is 2.53. The summed E-state index contributed by atoms with van der Waals surface area (Å²) in [6.45, 7) is 2.79. The zero-order valence-electron chi connectivity index (χ0n) is 11.7. The maximum atomic E-state index is 12.9. The van der Waals surface area contributed by atoms with Gasteiger partial charge in [-0.05, 0) is 50.0 Å². The summed E-state index contributed by atoms with van der Waals surface area (Å²) >= 11 is 0. The number of hydrogen-bond acceptors (Lipinski definition) is 3. The molecule has 1 saturated carbocycles. The molecule has 1 aromatic rings. The van der Waals surface area contributed by atoms with Crippen LogP contribution < -0.4 is 5.32 Å². The number of hydrogen-bond donors (Lipinski definition) is 1. The highest BCUT2D eigenvalue weighted by atomic mass is 19.1. The Balaban J connectivity index is 1.57. The Morgan fingerprint density at radius 3 is 2.60 bits per heavy atom. The highest BCUT2D eigenvalue weighted by Gasteiger charge is 2.23. The second kappa shape index (κ2) is 5.65. The monoisotopic (exact) mass is 273 g/mol. The van der Waals surface area contributed by atoms with E-state index in [2.05, 4.69) is 28.3 Å². The molecule has 106 valence electrons. The van der Waals surface area contributed by atoms with Crippen molar-refractivity contribution >= 4 is 5.84 Å². The number of nitrogens with one attached hydrogen (secondary N) is 1. The second-order valence-corrected chi connectivity index (χ2v) is 5.52. The normalized spacial score (nSPS) is 20.3. The Bertz CT molecular complexity index is 517. The van der Waals surface area contributed by atoms with Crippen molar-refractivity contribution in [1.29, 1.82) is 0 Å². The van der Waals surface area contributed by atoms with Crippen molar-refractivity contribution in [3.8, 4) is 0 Å². The van der Waals surface area contributed by atoms with E-state index >= 15 is 0 Å². The summed E-state index contributed by atoms with van der Waals surface area (Å²) < 4.78 is 12.9. The van der Waals surface area contributed by atoms with Crippen LogP contribution in [0.5, 0.6) is 0 Å². The van der Waals surface area contributed by atoms with Crippen LogP contribution in [0.2, 0.25) is 0 Å². The first-order valence-corrected chi connectivity index (χ1v) is 7.23. The molecule has 3 nitrogen and oxygen atoms in total. The van der Waals surface area contributed by atoms with E-state index in [1.165, 1.54) is 31.4 Å². The molecule has 4 heteroatoms. The number of benzene rings is 1. The lowest BCUT2D eigenvalue weighted by atomic mass is 9.92. The van der Waals surface area contributed by atoms with E-state index in [1.54, 1.807) is 12.1 Å². The topological polar surface area (TPSA) is 27.6 Å². The van der Waals surface area contributed by atoms with E-state index in [-0.39, 0.29) is 11.9 Å². The first-order valence-electron chi connectivity index (χ1n) is 7.23. The predicted molar refractivity (Wildman–Crippen MR) is 78.9 cm³/mol. The number of rotatable bonds is 3. The third kappa shape index (κ3) is 2.84. The summed E-state index contributed by atoms with van der Waals surface area (Å²) in [5.41, 5.74) is 1.06. The zero-order valence-corrected chi connectivity index (χ0v) is 11.7. The molecule has 1 aliphatic heterocycles. The smallest absolute Gasteiger partial charge is 0.124 e. The van der Waals surface area contributed by atoms with Crippen LogP contribution in [0.25, 0.3) is 0 Å².